The van der Waals surface area contributed by atoms with E-state index in [4.69, 9.17) is 16.0 Å². The van der Waals surface area contributed by atoms with Crippen LogP contribution in [0.3, 0.4) is 0 Å². The molecule has 0 saturated heterocycles. The summed E-state index contributed by atoms with van der Waals surface area (Å²) in [7, 11) is 0. The SMILES string of the molecule is Clc1ccc(Cc2nnc(-c3cc4ncc(Br)cn4n3)o2)cc1. The molecule has 0 aliphatic carbocycles. The van der Waals surface area contributed by atoms with Crippen LogP contribution in [0.4, 0.5) is 0 Å². The lowest BCUT2D eigenvalue weighted by atomic mass is 10.1. The third-order valence-corrected chi connectivity index (χ3v) is 3.90. The second kappa shape index (κ2) is 5.75. The lowest BCUT2D eigenvalue weighted by Crippen LogP contribution is -1.88. The van der Waals surface area contributed by atoms with Crippen LogP contribution in [0.1, 0.15) is 11.5 Å². The van der Waals surface area contributed by atoms with E-state index < -0.39 is 0 Å². The Morgan fingerprint density at radius 1 is 1.17 bits per heavy atom. The molecule has 0 aliphatic rings. The first-order chi connectivity index (χ1) is 11.2. The van der Waals surface area contributed by atoms with Gasteiger partial charge < -0.3 is 4.42 Å². The zero-order valence-corrected chi connectivity index (χ0v) is 14.0. The van der Waals surface area contributed by atoms with Gasteiger partial charge in [-0.15, -0.1) is 10.2 Å². The summed E-state index contributed by atoms with van der Waals surface area (Å²) in [6.07, 6.45) is 4.07. The highest BCUT2D eigenvalue weighted by atomic mass is 79.9. The summed E-state index contributed by atoms with van der Waals surface area (Å²) in [6, 6.07) is 9.32. The molecule has 8 heteroatoms. The first-order valence-corrected chi connectivity index (χ1v) is 7.92. The van der Waals surface area contributed by atoms with E-state index in [-0.39, 0.29) is 0 Å². The van der Waals surface area contributed by atoms with Crippen molar-refractivity contribution in [2.45, 2.75) is 6.42 Å². The van der Waals surface area contributed by atoms with Gasteiger partial charge in [0.25, 0.3) is 5.89 Å². The van der Waals surface area contributed by atoms with Gasteiger partial charge in [-0.25, -0.2) is 9.50 Å². The standard InChI is InChI=1S/C15H9BrClN5O/c16-10-7-18-13-6-12(21-22(13)8-10)15-20-19-14(23-15)5-9-1-3-11(17)4-2-9/h1-4,6-8H,5H2. The zero-order chi connectivity index (χ0) is 15.8. The third-order valence-electron chi connectivity index (χ3n) is 3.24. The normalized spacial score (nSPS) is 11.2. The zero-order valence-electron chi connectivity index (χ0n) is 11.6. The van der Waals surface area contributed by atoms with Crippen LogP contribution in [0.15, 0.2) is 51.6 Å². The van der Waals surface area contributed by atoms with Gasteiger partial charge in [-0.2, -0.15) is 5.10 Å². The number of benzene rings is 1. The predicted molar refractivity (Wildman–Crippen MR) is 88.2 cm³/mol. The largest absolute Gasteiger partial charge is 0.419 e. The van der Waals surface area contributed by atoms with Crippen LogP contribution < -0.4 is 0 Å². The van der Waals surface area contributed by atoms with Crippen molar-refractivity contribution in [1.29, 1.82) is 0 Å². The van der Waals surface area contributed by atoms with Gasteiger partial charge in [0, 0.05) is 23.5 Å². The fourth-order valence-electron chi connectivity index (χ4n) is 2.16. The Bertz CT molecular complexity index is 979. The topological polar surface area (TPSA) is 69.1 Å². The molecule has 114 valence electrons. The molecule has 0 aliphatic heterocycles. The van der Waals surface area contributed by atoms with Crippen molar-refractivity contribution in [2.75, 3.05) is 0 Å². The molecule has 1 aromatic carbocycles. The number of fused-ring (bicyclic) bond motifs is 1. The molecule has 0 fully saturated rings. The average Bonchev–Trinajstić information content (AvgIpc) is 3.15. The molecule has 0 bridgehead atoms. The fraction of sp³-hybridized carbons (Fsp3) is 0.0667. The van der Waals surface area contributed by atoms with Gasteiger partial charge in [0.1, 0.15) is 0 Å². The Kier molecular flexibility index (Phi) is 3.59. The molecule has 0 radical (unpaired) electrons. The van der Waals surface area contributed by atoms with Gasteiger partial charge >= 0.3 is 0 Å². The van der Waals surface area contributed by atoms with E-state index in [1.165, 1.54) is 0 Å². The molecule has 0 atom stereocenters. The fourth-order valence-corrected chi connectivity index (χ4v) is 2.59. The van der Waals surface area contributed by atoms with Crippen LogP contribution in [0.25, 0.3) is 17.2 Å². The maximum absolute atomic E-state index is 5.88. The second-order valence-electron chi connectivity index (χ2n) is 4.91. The first kappa shape index (κ1) is 14.3. The highest BCUT2D eigenvalue weighted by molar-refractivity contribution is 9.10. The van der Waals surface area contributed by atoms with Crippen molar-refractivity contribution in [1.82, 2.24) is 24.8 Å². The molecule has 3 heterocycles. The van der Waals surface area contributed by atoms with Gasteiger partial charge in [-0.1, -0.05) is 23.7 Å². The lowest BCUT2D eigenvalue weighted by molar-refractivity contribution is 0.516. The van der Waals surface area contributed by atoms with E-state index in [1.54, 1.807) is 16.8 Å². The van der Waals surface area contributed by atoms with Crippen LogP contribution in [0, 0.1) is 0 Å². The number of hydrogen-bond acceptors (Lipinski definition) is 5. The van der Waals surface area contributed by atoms with Gasteiger partial charge in [-0.3, -0.25) is 0 Å². The summed E-state index contributed by atoms with van der Waals surface area (Å²) >= 11 is 9.24. The van der Waals surface area contributed by atoms with Gasteiger partial charge in [-0.05, 0) is 33.6 Å². The highest BCUT2D eigenvalue weighted by Crippen LogP contribution is 2.20. The summed E-state index contributed by atoms with van der Waals surface area (Å²) in [5, 5.41) is 13.2. The molecule has 0 spiro atoms. The first-order valence-electron chi connectivity index (χ1n) is 6.75. The van der Waals surface area contributed by atoms with Gasteiger partial charge in [0.15, 0.2) is 11.3 Å². The molecule has 0 N–H and O–H groups in total. The molecule has 3 aromatic heterocycles. The van der Waals surface area contributed by atoms with E-state index in [2.05, 4.69) is 36.2 Å². The molecule has 6 nitrogen and oxygen atoms in total. The third kappa shape index (κ3) is 2.97. The number of halogens is 2. The van der Waals surface area contributed by atoms with Crippen molar-refractivity contribution in [3.63, 3.8) is 0 Å². The van der Waals surface area contributed by atoms with E-state index >= 15 is 0 Å². The number of rotatable bonds is 3. The molecular weight excluding hydrogens is 382 g/mol. The molecule has 23 heavy (non-hydrogen) atoms. The molecule has 0 unspecified atom stereocenters. The van der Waals surface area contributed by atoms with Crippen molar-refractivity contribution in [3.8, 4) is 11.6 Å². The number of nitrogens with zero attached hydrogens (tertiary/aromatic N) is 5. The van der Waals surface area contributed by atoms with Crippen molar-refractivity contribution in [2.24, 2.45) is 0 Å². The van der Waals surface area contributed by atoms with E-state index in [0.717, 1.165) is 10.0 Å². The molecule has 4 aromatic rings. The van der Waals surface area contributed by atoms with Crippen molar-refractivity contribution >= 4 is 33.2 Å². The summed E-state index contributed by atoms with van der Waals surface area (Å²) < 4.78 is 8.19. The summed E-state index contributed by atoms with van der Waals surface area (Å²) in [6.45, 7) is 0. The smallest absolute Gasteiger partial charge is 0.268 e. The Balaban J connectivity index is 1.62. The minimum atomic E-state index is 0.371. The van der Waals surface area contributed by atoms with E-state index in [0.29, 0.717) is 34.6 Å². The Hall–Kier alpha value is -2.25. The molecule has 0 saturated carbocycles. The van der Waals surface area contributed by atoms with Gasteiger partial charge in [0.2, 0.25) is 5.89 Å². The second-order valence-corrected chi connectivity index (χ2v) is 6.26. The number of hydrogen-bond donors (Lipinski definition) is 0. The minimum absolute atomic E-state index is 0.371. The molecular formula is C15H9BrClN5O. The maximum atomic E-state index is 5.88. The summed E-state index contributed by atoms with van der Waals surface area (Å²) in [4.78, 5) is 4.26. The molecule has 0 amide bonds. The maximum Gasteiger partial charge on any atom is 0.268 e. The molecule has 4 rings (SSSR count). The number of aromatic nitrogens is 5. The van der Waals surface area contributed by atoms with Crippen LogP contribution >= 0.6 is 27.5 Å². The van der Waals surface area contributed by atoms with E-state index in [1.807, 2.05) is 30.5 Å². The predicted octanol–water partition coefficient (Wildman–Crippen LogP) is 3.79. The van der Waals surface area contributed by atoms with Gasteiger partial charge in [0.05, 0.1) is 10.9 Å². The average molecular weight is 391 g/mol. The Morgan fingerprint density at radius 2 is 2.00 bits per heavy atom. The van der Waals surface area contributed by atoms with Crippen LogP contribution in [-0.2, 0) is 6.42 Å². The highest BCUT2D eigenvalue weighted by Gasteiger charge is 2.13. The Morgan fingerprint density at radius 3 is 2.83 bits per heavy atom. The van der Waals surface area contributed by atoms with E-state index in [9.17, 15) is 0 Å². The van der Waals surface area contributed by atoms with Crippen LogP contribution in [0.5, 0.6) is 0 Å². The van der Waals surface area contributed by atoms with Crippen LogP contribution in [-0.4, -0.2) is 24.8 Å². The quantitative estimate of drug-likeness (QED) is 0.532. The van der Waals surface area contributed by atoms with Crippen molar-refractivity contribution in [3.05, 3.63) is 63.7 Å². The summed E-state index contributed by atoms with van der Waals surface area (Å²) in [5.74, 6) is 0.893. The summed E-state index contributed by atoms with van der Waals surface area (Å²) in [5.41, 5.74) is 2.34. The van der Waals surface area contributed by atoms with Crippen molar-refractivity contribution < 1.29 is 4.42 Å². The minimum Gasteiger partial charge on any atom is -0.419 e. The van der Waals surface area contributed by atoms with Crippen LogP contribution in [0.2, 0.25) is 5.02 Å². The lowest BCUT2D eigenvalue weighted by Gasteiger charge is -1.96. The Labute approximate surface area is 144 Å². The monoisotopic (exact) mass is 389 g/mol.